The maximum atomic E-state index is 15.0. The minimum atomic E-state index is -5.07. The van der Waals surface area contributed by atoms with E-state index in [4.69, 9.17) is 14.2 Å². The summed E-state index contributed by atoms with van der Waals surface area (Å²) in [7, 11) is 3.01. The molecule has 40 heavy (non-hydrogen) atoms. The second kappa shape index (κ2) is 11.8. The first-order chi connectivity index (χ1) is 18.9. The van der Waals surface area contributed by atoms with Gasteiger partial charge in [-0.2, -0.15) is 30.7 Å². The van der Waals surface area contributed by atoms with Crippen LogP contribution in [0.1, 0.15) is 16.7 Å². The molecule has 0 spiro atoms. The van der Waals surface area contributed by atoms with Gasteiger partial charge in [0.05, 0.1) is 31.9 Å². The van der Waals surface area contributed by atoms with Crippen molar-refractivity contribution in [2.45, 2.75) is 23.8 Å². The van der Waals surface area contributed by atoms with Crippen LogP contribution >= 0.6 is 23.5 Å². The van der Waals surface area contributed by atoms with Crippen LogP contribution in [0.5, 0.6) is 23.0 Å². The number of ether oxygens (including phenoxy) is 3. The molecule has 0 aliphatic carbocycles. The van der Waals surface area contributed by atoms with E-state index in [0.29, 0.717) is 33.7 Å². The molecule has 1 aromatic heterocycles. The number of aromatic nitrogens is 2. The van der Waals surface area contributed by atoms with Gasteiger partial charge in [-0.15, -0.1) is 0 Å². The number of methoxy groups -OCH3 is 2. The molecule has 0 fully saturated rings. The van der Waals surface area contributed by atoms with Crippen molar-refractivity contribution in [3.8, 4) is 23.0 Å². The Morgan fingerprint density at radius 1 is 0.825 bits per heavy atom. The molecule has 15 heteroatoms. The first kappa shape index (κ1) is 29.3. The molecule has 1 heterocycles. The average Bonchev–Trinajstić information content (AvgIpc) is 3.44. The second-order valence-corrected chi connectivity index (χ2v) is 9.82. The highest BCUT2D eigenvalue weighted by Gasteiger charge is 2.37. The van der Waals surface area contributed by atoms with Crippen molar-refractivity contribution in [1.29, 1.82) is 0 Å². The molecule has 0 radical (unpaired) electrons. The Morgan fingerprint density at radius 3 is 2.08 bits per heavy atom. The fourth-order valence-electron chi connectivity index (χ4n) is 3.41. The maximum Gasteiger partial charge on any atom is 0.416 e. The van der Waals surface area contributed by atoms with E-state index >= 15 is 0 Å². The van der Waals surface area contributed by atoms with Crippen molar-refractivity contribution < 1.29 is 44.9 Å². The number of hydrogen-bond acceptors (Lipinski definition) is 8. The monoisotopic (exact) mass is 605 g/mol. The van der Waals surface area contributed by atoms with Gasteiger partial charge in [-0.3, -0.25) is 4.31 Å². The Balaban J connectivity index is 1.59. The fraction of sp³-hybridized carbons (Fsp3) is 0.200. The van der Waals surface area contributed by atoms with Crippen molar-refractivity contribution in [1.82, 2.24) is 9.36 Å². The van der Waals surface area contributed by atoms with Crippen LogP contribution < -0.4 is 18.5 Å². The summed E-state index contributed by atoms with van der Waals surface area (Å²) in [4.78, 5) is 4.54. The van der Waals surface area contributed by atoms with Crippen LogP contribution in [-0.2, 0) is 18.9 Å². The van der Waals surface area contributed by atoms with Crippen LogP contribution in [0.4, 0.5) is 35.9 Å². The van der Waals surface area contributed by atoms with Gasteiger partial charge in [0.25, 0.3) is 0 Å². The van der Waals surface area contributed by atoms with Gasteiger partial charge in [-0.1, -0.05) is 0 Å². The molecular formula is C25H18F7N3O3S2. The van der Waals surface area contributed by atoms with E-state index in [-0.39, 0.29) is 12.6 Å². The van der Waals surface area contributed by atoms with Crippen molar-refractivity contribution in [3.63, 3.8) is 0 Å². The van der Waals surface area contributed by atoms with Crippen LogP contribution in [0.3, 0.4) is 0 Å². The highest BCUT2D eigenvalue weighted by atomic mass is 32.2. The Hall–Kier alpha value is -3.72. The summed E-state index contributed by atoms with van der Waals surface area (Å²) in [6, 6.07) is 9.48. The maximum absolute atomic E-state index is 15.0. The molecule has 0 unspecified atom stereocenters. The highest BCUT2D eigenvalue weighted by molar-refractivity contribution is 8.00. The molecule has 0 amide bonds. The van der Waals surface area contributed by atoms with Crippen molar-refractivity contribution in [2.24, 2.45) is 0 Å². The number of rotatable bonds is 9. The highest BCUT2D eigenvalue weighted by Crippen LogP contribution is 2.40. The van der Waals surface area contributed by atoms with Crippen LogP contribution in [-0.4, -0.2) is 23.6 Å². The van der Waals surface area contributed by atoms with Crippen molar-refractivity contribution in [2.75, 3.05) is 18.5 Å². The van der Waals surface area contributed by atoms with E-state index in [1.807, 2.05) is 0 Å². The van der Waals surface area contributed by atoms with E-state index in [2.05, 4.69) is 9.36 Å². The minimum absolute atomic E-state index is 0.0389. The van der Waals surface area contributed by atoms with Gasteiger partial charge in [-0.05, 0) is 60.5 Å². The lowest BCUT2D eigenvalue weighted by Gasteiger charge is -2.22. The second-order valence-electron chi connectivity index (χ2n) is 7.97. The molecule has 0 atom stereocenters. The van der Waals surface area contributed by atoms with Gasteiger partial charge >= 0.3 is 12.4 Å². The zero-order chi connectivity index (χ0) is 29.1. The summed E-state index contributed by atoms with van der Waals surface area (Å²) in [5.74, 6) is -1.27. The predicted molar refractivity (Wildman–Crippen MR) is 134 cm³/mol. The number of anilines is 1. The van der Waals surface area contributed by atoms with Gasteiger partial charge in [0.2, 0.25) is 5.13 Å². The van der Waals surface area contributed by atoms with E-state index in [0.717, 1.165) is 41.2 Å². The van der Waals surface area contributed by atoms with Crippen LogP contribution in [0.15, 0.2) is 65.8 Å². The Bertz CT molecular complexity index is 1430. The normalized spacial score (nSPS) is 11.8. The van der Waals surface area contributed by atoms with E-state index in [1.165, 1.54) is 26.6 Å². The third kappa shape index (κ3) is 7.07. The molecule has 0 bridgehead atoms. The summed E-state index contributed by atoms with van der Waals surface area (Å²) in [5.41, 5.74) is -2.41. The smallest absolute Gasteiger partial charge is 0.416 e. The van der Waals surface area contributed by atoms with Crippen LogP contribution in [0, 0.1) is 5.82 Å². The zero-order valence-electron chi connectivity index (χ0n) is 20.5. The number of halogens is 7. The van der Waals surface area contributed by atoms with E-state index in [1.54, 1.807) is 22.5 Å². The lowest BCUT2D eigenvalue weighted by atomic mass is 10.1. The quantitative estimate of drug-likeness (QED) is 0.141. The first-order valence-electron chi connectivity index (χ1n) is 11.1. The third-order valence-corrected chi connectivity index (χ3v) is 7.07. The van der Waals surface area contributed by atoms with Crippen LogP contribution in [0.25, 0.3) is 0 Å². The fourth-order valence-corrected chi connectivity index (χ4v) is 4.93. The largest absolute Gasteiger partial charge is 0.497 e. The van der Waals surface area contributed by atoms with E-state index in [9.17, 15) is 30.7 Å². The van der Waals surface area contributed by atoms with E-state index < -0.39 is 40.8 Å². The lowest BCUT2D eigenvalue weighted by molar-refractivity contribution is -0.143. The zero-order valence-corrected chi connectivity index (χ0v) is 22.1. The van der Waals surface area contributed by atoms with Gasteiger partial charge in [0.1, 0.15) is 23.6 Å². The molecule has 4 rings (SSSR count). The topological polar surface area (TPSA) is 56.7 Å². The molecule has 3 aromatic carbocycles. The summed E-state index contributed by atoms with van der Waals surface area (Å²) >= 11 is 2.16. The standard InChI is InChI=1S/C25H18F7N3O3S2/c1-36-17-4-3-14(22(10-17)37-2)12-35(23-33-13-34-39-23)40-19-5-6-21(20(26)11-19)38-18-8-15(24(27,28)29)7-16(9-18)25(30,31)32/h3-11,13H,12H2,1-2H3. The Morgan fingerprint density at radius 2 is 1.52 bits per heavy atom. The molecular weight excluding hydrogens is 587 g/mol. The first-order valence-corrected chi connectivity index (χ1v) is 12.6. The summed E-state index contributed by atoms with van der Waals surface area (Å²) in [6.07, 6.45) is -8.79. The molecule has 0 N–H and O–H groups in total. The van der Waals surface area contributed by atoms with Gasteiger partial charge in [0.15, 0.2) is 11.6 Å². The number of nitrogens with zero attached hydrogens (tertiary/aromatic N) is 3. The Kier molecular flexibility index (Phi) is 8.63. The molecule has 0 aliphatic heterocycles. The Labute approximate surface area is 231 Å². The third-order valence-electron chi connectivity index (χ3n) is 5.28. The average molecular weight is 606 g/mol. The summed E-state index contributed by atoms with van der Waals surface area (Å²) in [5, 5.41) is 0.479. The van der Waals surface area contributed by atoms with Gasteiger partial charge < -0.3 is 14.2 Å². The molecule has 212 valence electrons. The lowest BCUT2D eigenvalue weighted by Crippen LogP contribution is -2.14. The minimum Gasteiger partial charge on any atom is -0.497 e. The SMILES string of the molecule is COc1ccc(CN(Sc2ccc(Oc3cc(C(F)(F)F)cc(C(F)(F)F)c3)c(F)c2)c2ncns2)c(OC)c1. The number of hydrogen-bond donors (Lipinski definition) is 0. The van der Waals surface area contributed by atoms with Crippen molar-refractivity contribution in [3.05, 3.63) is 83.4 Å². The molecule has 4 aromatic rings. The van der Waals surface area contributed by atoms with Gasteiger partial charge in [0, 0.05) is 28.1 Å². The summed E-state index contributed by atoms with van der Waals surface area (Å²) < 4.78 is 115. The van der Waals surface area contributed by atoms with Crippen molar-refractivity contribution >= 4 is 28.6 Å². The molecule has 0 saturated heterocycles. The molecule has 0 aliphatic rings. The predicted octanol–water partition coefficient (Wildman–Crippen LogP) is 8.24. The van der Waals surface area contributed by atoms with Crippen LogP contribution in [0.2, 0.25) is 0 Å². The molecule has 6 nitrogen and oxygen atoms in total. The van der Waals surface area contributed by atoms with Gasteiger partial charge in [-0.25, -0.2) is 9.37 Å². The number of benzene rings is 3. The number of alkyl halides is 6. The molecule has 0 saturated carbocycles. The summed E-state index contributed by atoms with van der Waals surface area (Å²) in [6.45, 7) is 0.247.